The number of carbonyl (C=O) groups excluding carboxylic acids is 2. The van der Waals surface area contributed by atoms with Crippen molar-refractivity contribution in [2.45, 2.75) is 12.1 Å². The van der Waals surface area contributed by atoms with Crippen molar-refractivity contribution in [2.24, 2.45) is 0 Å². The Bertz CT molecular complexity index is 1170. The molecule has 0 aliphatic carbocycles. The van der Waals surface area contributed by atoms with Gasteiger partial charge in [0.15, 0.2) is 5.76 Å². The highest BCUT2D eigenvalue weighted by Crippen LogP contribution is 2.36. The van der Waals surface area contributed by atoms with Crippen LogP contribution in [0.4, 0.5) is 5.00 Å². The van der Waals surface area contributed by atoms with Gasteiger partial charge in [0.05, 0.1) is 24.2 Å². The summed E-state index contributed by atoms with van der Waals surface area (Å²) in [5, 5.41) is 11.3. The third-order valence-electron chi connectivity index (χ3n) is 4.00. The molecule has 10 heteroatoms. The van der Waals surface area contributed by atoms with E-state index in [1.165, 1.54) is 17.6 Å². The number of nitrogens with one attached hydrogen (secondary N) is 1. The van der Waals surface area contributed by atoms with Gasteiger partial charge in [-0.05, 0) is 30.7 Å². The van der Waals surface area contributed by atoms with Crippen molar-refractivity contribution in [1.29, 1.82) is 0 Å². The van der Waals surface area contributed by atoms with Crippen molar-refractivity contribution in [2.75, 3.05) is 17.7 Å². The topological polar surface area (TPSA) is 107 Å². The molecule has 0 bridgehead atoms. The molecule has 0 aliphatic heterocycles. The molecule has 0 saturated heterocycles. The van der Waals surface area contributed by atoms with E-state index >= 15 is 0 Å². The molecular weight excluding hydrogens is 438 g/mol. The van der Waals surface area contributed by atoms with Gasteiger partial charge in [0.1, 0.15) is 5.00 Å². The van der Waals surface area contributed by atoms with E-state index in [4.69, 9.17) is 13.6 Å². The summed E-state index contributed by atoms with van der Waals surface area (Å²) in [6.45, 7) is 1.98. The maximum atomic E-state index is 12.5. The molecule has 1 aromatic carbocycles. The van der Waals surface area contributed by atoms with Gasteiger partial charge in [0.2, 0.25) is 5.91 Å². The van der Waals surface area contributed by atoms with Crippen LogP contribution in [0.15, 0.2) is 68.9 Å². The standard InChI is InChI=1S/C21H17N3O5S2/c1-2-27-20(26)14-11-16(13-7-4-3-5-8-13)31-19(14)22-17(25)12-30-21-24-23-18(29-21)15-9-6-10-28-15/h3-11H,2,12H2,1H3,(H,22,25). The number of thioether (sulfide) groups is 1. The van der Waals surface area contributed by atoms with Gasteiger partial charge < -0.3 is 18.9 Å². The summed E-state index contributed by atoms with van der Waals surface area (Å²) in [6, 6.07) is 14.8. The molecule has 4 aromatic rings. The number of hydrogen-bond donors (Lipinski definition) is 1. The number of furan rings is 1. The first-order valence-corrected chi connectivity index (χ1v) is 11.1. The molecule has 0 fully saturated rings. The van der Waals surface area contributed by atoms with E-state index in [1.54, 1.807) is 25.1 Å². The minimum atomic E-state index is -0.483. The second-order valence-corrected chi connectivity index (χ2v) is 8.11. The highest BCUT2D eigenvalue weighted by Gasteiger charge is 2.20. The Morgan fingerprint density at radius 3 is 2.74 bits per heavy atom. The fraction of sp³-hybridized carbons (Fsp3) is 0.143. The summed E-state index contributed by atoms with van der Waals surface area (Å²) in [5.74, 6) is -0.0718. The van der Waals surface area contributed by atoms with E-state index in [0.29, 0.717) is 16.3 Å². The van der Waals surface area contributed by atoms with E-state index < -0.39 is 5.97 Å². The molecule has 158 valence electrons. The van der Waals surface area contributed by atoms with Gasteiger partial charge in [-0.15, -0.1) is 21.5 Å². The molecule has 0 unspecified atom stereocenters. The SMILES string of the molecule is CCOC(=O)c1cc(-c2ccccc2)sc1NC(=O)CSc1nnc(-c2ccco2)o1. The van der Waals surface area contributed by atoms with Crippen molar-refractivity contribution in [3.63, 3.8) is 0 Å². The maximum Gasteiger partial charge on any atom is 0.341 e. The number of anilines is 1. The van der Waals surface area contributed by atoms with Gasteiger partial charge in [-0.2, -0.15) is 0 Å². The summed E-state index contributed by atoms with van der Waals surface area (Å²) < 4.78 is 15.8. The Morgan fingerprint density at radius 1 is 1.16 bits per heavy atom. The third kappa shape index (κ3) is 5.04. The fourth-order valence-electron chi connectivity index (χ4n) is 2.65. The van der Waals surface area contributed by atoms with Gasteiger partial charge in [0, 0.05) is 4.88 Å². The molecule has 1 N–H and O–H groups in total. The van der Waals surface area contributed by atoms with Crippen LogP contribution >= 0.6 is 23.1 Å². The zero-order valence-electron chi connectivity index (χ0n) is 16.4. The summed E-state index contributed by atoms with van der Waals surface area (Å²) in [7, 11) is 0. The van der Waals surface area contributed by atoms with Crippen LogP contribution in [0.25, 0.3) is 22.1 Å². The predicted octanol–water partition coefficient (Wildman–Crippen LogP) is 4.97. The second-order valence-electron chi connectivity index (χ2n) is 6.13. The molecule has 0 radical (unpaired) electrons. The summed E-state index contributed by atoms with van der Waals surface area (Å²) in [4.78, 5) is 25.7. The fourth-order valence-corrected chi connectivity index (χ4v) is 4.28. The molecule has 31 heavy (non-hydrogen) atoms. The largest absolute Gasteiger partial charge is 0.462 e. The van der Waals surface area contributed by atoms with Gasteiger partial charge in [-0.25, -0.2) is 4.79 Å². The van der Waals surface area contributed by atoms with Crippen LogP contribution in [0, 0.1) is 0 Å². The Labute approximate surface area is 185 Å². The molecule has 0 saturated carbocycles. The summed E-state index contributed by atoms with van der Waals surface area (Å²) in [5.41, 5.74) is 1.27. The molecule has 1 amide bonds. The number of nitrogens with zero attached hydrogens (tertiary/aromatic N) is 2. The van der Waals surface area contributed by atoms with Crippen molar-refractivity contribution in [3.05, 3.63) is 60.4 Å². The normalized spacial score (nSPS) is 10.7. The maximum absolute atomic E-state index is 12.5. The molecule has 8 nitrogen and oxygen atoms in total. The average Bonchev–Trinajstić information content (AvgIpc) is 3.53. The highest BCUT2D eigenvalue weighted by molar-refractivity contribution is 7.99. The first-order chi connectivity index (χ1) is 15.1. The Kier molecular flexibility index (Phi) is 6.48. The Balaban J connectivity index is 1.45. The average molecular weight is 456 g/mol. The van der Waals surface area contributed by atoms with E-state index in [-0.39, 0.29) is 29.4 Å². The van der Waals surface area contributed by atoms with E-state index in [0.717, 1.165) is 22.2 Å². The lowest BCUT2D eigenvalue weighted by Gasteiger charge is -2.05. The monoisotopic (exact) mass is 455 g/mol. The highest BCUT2D eigenvalue weighted by atomic mass is 32.2. The minimum absolute atomic E-state index is 0.0284. The molecule has 0 spiro atoms. The van der Waals surface area contributed by atoms with E-state index in [2.05, 4.69) is 15.5 Å². The summed E-state index contributed by atoms with van der Waals surface area (Å²) in [6.07, 6.45) is 1.51. The van der Waals surface area contributed by atoms with Crippen molar-refractivity contribution in [1.82, 2.24) is 10.2 Å². The Morgan fingerprint density at radius 2 is 2.00 bits per heavy atom. The third-order valence-corrected chi connectivity index (χ3v) is 5.92. The first kappa shape index (κ1) is 20.9. The smallest absolute Gasteiger partial charge is 0.341 e. The number of amides is 1. The number of esters is 1. The number of benzene rings is 1. The van der Waals surface area contributed by atoms with Gasteiger partial charge >= 0.3 is 5.97 Å². The zero-order valence-corrected chi connectivity index (χ0v) is 18.0. The lowest BCUT2D eigenvalue weighted by molar-refractivity contribution is -0.113. The van der Waals surface area contributed by atoms with E-state index in [1.807, 2.05) is 30.3 Å². The lowest BCUT2D eigenvalue weighted by Crippen LogP contribution is -2.15. The minimum Gasteiger partial charge on any atom is -0.462 e. The van der Waals surface area contributed by atoms with Crippen LogP contribution in [0.3, 0.4) is 0 Å². The number of hydrogen-bond acceptors (Lipinski definition) is 9. The summed E-state index contributed by atoms with van der Waals surface area (Å²) >= 11 is 2.40. The second kappa shape index (κ2) is 9.63. The van der Waals surface area contributed by atoms with Crippen LogP contribution in [-0.4, -0.2) is 34.4 Å². The van der Waals surface area contributed by atoms with Gasteiger partial charge in [-0.1, -0.05) is 42.1 Å². The van der Waals surface area contributed by atoms with Crippen LogP contribution in [0.2, 0.25) is 0 Å². The number of rotatable bonds is 8. The molecular formula is C21H17N3O5S2. The number of thiophene rings is 1. The molecule has 4 rings (SSSR count). The molecule has 0 aliphatic rings. The van der Waals surface area contributed by atoms with Crippen LogP contribution in [0.1, 0.15) is 17.3 Å². The quantitative estimate of drug-likeness (QED) is 0.293. The Hall–Kier alpha value is -3.37. The zero-order chi connectivity index (χ0) is 21.6. The number of carbonyl (C=O) groups is 2. The first-order valence-electron chi connectivity index (χ1n) is 9.30. The van der Waals surface area contributed by atoms with Gasteiger partial charge in [0.25, 0.3) is 11.1 Å². The van der Waals surface area contributed by atoms with Crippen LogP contribution < -0.4 is 5.32 Å². The van der Waals surface area contributed by atoms with Crippen LogP contribution in [-0.2, 0) is 9.53 Å². The van der Waals surface area contributed by atoms with Crippen molar-refractivity contribution < 1.29 is 23.2 Å². The molecule has 3 heterocycles. The lowest BCUT2D eigenvalue weighted by atomic mass is 10.1. The van der Waals surface area contributed by atoms with Crippen LogP contribution in [0.5, 0.6) is 0 Å². The van der Waals surface area contributed by atoms with Crippen molar-refractivity contribution >= 4 is 40.0 Å². The predicted molar refractivity (Wildman–Crippen MR) is 117 cm³/mol. The number of ether oxygens (including phenoxy) is 1. The van der Waals surface area contributed by atoms with Gasteiger partial charge in [-0.3, -0.25) is 4.79 Å². The van der Waals surface area contributed by atoms with Crippen molar-refractivity contribution in [3.8, 4) is 22.1 Å². The molecule has 0 atom stereocenters. The number of aromatic nitrogens is 2. The molecule has 3 aromatic heterocycles. The van der Waals surface area contributed by atoms with E-state index in [9.17, 15) is 9.59 Å².